The highest BCUT2D eigenvalue weighted by atomic mass is 16.6. The summed E-state index contributed by atoms with van der Waals surface area (Å²) in [6.45, 7) is 0.449. The van der Waals surface area contributed by atoms with E-state index in [0.29, 0.717) is 24.3 Å². The average Bonchev–Trinajstić information content (AvgIpc) is 3.21. The van der Waals surface area contributed by atoms with Crippen LogP contribution >= 0.6 is 0 Å². The van der Waals surface area contributed by atoms with Gasteiger partial charge in [-0.25, -0.2) is 0 Å². The lowest BCUT2D eigenvalue weighted by atomic mass is 10.1. The SMILES string of the molecule is COc1ccc(CCNC(=O)c2ccc([N+](=O)[O-])cc2)cc1OC1CCCC1. The Kier molecular flexibility index (Phi) is 6.47. The topological polar surface area (TPSA) is 90.7 Å². The largest absolute Gasteiger partial charge is 0.493 e. The number of carbonyl (C=O) groups excluding carboxylic acids is 1. The van der Waals surface area contributed by atoms with Crippen LogP contribution in [0.2, 0.25) is 0 Å². The zero-order chi connectivity index (χ0) is 19.9. The van der Waals surface area contributed by atoms with Crippen molar-refractivity contribution in [2.24, 2.45) is 0 Å². The Morgan fingerprint density at radius 2 is 1.86 bits per heavy atom. The van der Waals surface area contributed by atoms with E-state index in [1.807, 2.05) is 18.2 Å². The predicted molar refractivity (Wildman–Crippen MR) is 105 cm³/mol. The molecule has 7 nitrogen and oxygen atoms in total. The summed E-state index contributed by atoms with van der Waals surface area (Å²) in [5.74, 6) is 1.20. The summed E-state index contributed by atoms with van der Waals surface area (Å²) < 4.78 is 11.5. The maximum absolute atomic E-state index is 12.2. The number of carbonyl (C=O) groups is 1. The van der Waals surface area contributed by atoms with Gasteiger partial charge in [-0.15, -0.1) is 0 Å². The van der Waals surface area contributed by atoms with Gasteiger partial charge < -0.3 is 14.8 Å². The van der Waals surface area contributed by atoms with Gasteiger partial charge in [-0.05, 0) is 61.9 Å². The van der Waals surface area contributed by atoms with Gasteiger partial charge in [-0.3, -0.25) is 14.9 Å². The first kappa shape index (κ1) is 19.7. The fraction of sp³-hybridized carbons (Fsp3) is 0.381. The summed E-state index contributed by atoms with van der Waals surface area (Å²) >= 11 is 0. The first-order valence-corrected chi connectivity index (χ1v) is 9.43. The molecule has 2 aromatic rings. The molecule has 0 bridgehead atoms. The maximum Gasteiger partial charge on any atom is 0.269 e. The van der Waals surface area contributed by atoms with Crippen molar-refractivity contribution in [2.45, 2.75) is 38.2 Å². The maximum atomic E-state index is 12.2. The number of hydrogen-bond acceptors (Lipinski definition) is 5. The molecule has 0 spiro atoms. The lowest BCUT2D eigenvalue weighted by Crippen LogP contribution is -2.25. The number of non-ortho nitro benzene ring substituents is 1. The molecule has 0 radical (unpaired) electrons. The number of nitrogens with zero attached hydrogens (tertiary/aromatic N) is 1. The molecule has 1 amide bonds. The van der Waals surface area contributed by atoms with E-state index in [4.69, 9.17) is 9.47 Å². The van der Waals surface area contributed by atoms with E-state index >= 15 is 0 Å². The van der Waals surface area contributed by atoms with E-state index in [1.165, 1.54) is 37.1 Å². The van der Waals surface area contributed by atoms with Crippen LogP contribution in [0.5, 0.6) is 11.5 Å². The van der Waals surface area contributed by atoms with E-state index in [-0.39, 0.29) is 17.7 Å². The van der Waals surface area contributed by atoms with Crippen LogP contribution in [0, 0.1) is 10.1 Å². The summed E-state index contributed by atoms with van der Waals surface area (Å²) in [6, 6.07) is 11.4. The molecule has 0 heterocycles. The van der Waals surface area contributed by atoms with Crippen LogP contribution < -0.4 is 14.8 Å². The Labute approximate surface area is 163 Å². The van der Waals surface area contributed by atoms with Crippen LogP contribution in [0.1, 0.15) is 41.6 Å². The van der Waals surface area contributed by atoms with Crippen molar-refractivity contribution < 1.29 is 19.2 Å². The molecule has 2 aromatic carbocycles. The van der Waals surface area contributed by atoms with Gasteiger partial charge in [-0.2, -0.15) is 0 Å². The Balaban J connectivity index is 1.56. The molecule has 0 unspecified atom stereocenters. The van der Waals surface area contributed by atoms with Gasteiger partial charge in [0.15, 0.2) is 11.5 Å². The van der Waals surface area contributed by atoms with Crippen LogP contribution in [0.4, 0.5) is 5.69 Å². The van der Waals surface area contributed by atoms with Gasteiger partial charge in [0.2, 0.25) is 0 Å². The lowest BCUT2D eigenvalue weighted by molar-refractivity contribution is -0.384. The molecule has 1 fully saturated rings. The third kappa shape index (κ3) is 5.00. The van der Waals surface area contributed by atoms with Gasteiger partial charge in [-0.1, -0.05) is 6.07 Å². The zero-order valence-electron chi connectivity index (χ0n) is 15.8. The lowest BCUT2D eigenvalue weighted by Gasteiger charge is -2.17. The second-order valence-electron chi connectivity index (χ2n) is 6.82. The smallest absolute Gasteiger partial charge is 0.269 e. The summed E-state index contributed by atoms with van der Waals surface area (Å²) in [7, 11) is 1.63. The Morgan fingerprint density at radius 3 is 2.50 bits per heavy atom. The van der Waals surface area contributed by atoms with E-state index in [9.17, 15) is 14.9 Å². The first-order chi connectivity index (χ1) is 13.6. The van der Waals surface area contributed by atoms with Gasteiger partial charge >= 0.3 is 0 Å². The minimum absolute atomic E-state index is 0.0374. The fourth-order valence-corrected chi connectivity index (χ4v) is 3.31. The minimum atomic E-state index is -0.489. The molecule has 1 aliphatic rings. The second kappa shape index (κ2) is 9.21. The van der Waals surface area contributed by atoms with E-state index in [0.717, 1.165) is 24.2 Å². The molecule has 0 atom stereocenters. The number of hydrogen-bond donors (Lipinski definition) is 1. The Morgan fingerprint density at radius 1 is 1.14 bits per heavy atom. The van der Waals surface area contributed by atoms with Crippen molar-refractivity contribution in [3.8, 4) is 11.5 Å². The third-order valence-electron chi connectivity index (χ3n) is 4.86. The first-order valence-electron chi connectivity index (χ1n) is 9.43. The molecule has 148 valence electrons. The number of nitro benzene ring substituents is 1. The monoisotopic (exact) mass is 384 g/mol. The molecule has 28 heavy (non-hydrogen) atoms. The fourth-order valence-electron chi connectivity index (χ4n) is 3.31. The second-order valence-corrected chi connectivity index (χ2v) is 6.82. The predicted octanol–water partition coefficient (Wildman–Crippen LogP) is 3.90. The van der Waals surface area contributed by atoms with Crippen LogP contribution in [-0.4, -0.2) is 30.6 Å². The summed E-state index contributed by atoms with van der Waals surface area (Å²) in [6.07, 6.45) is 5.41. The van der Waals surface area contributed by atoms with Gasteiger partial charge in [0.25, 0.3) is 11.6 Å². The van der Waals surface area contributed by atoms with Crippen molar-refractivity contribution in [3.05, 3.63) is 63.7 Å². The molecule has 0 aliphatic heterocycles. The molecular formula is C21H24N2O5. The highest BCUT2D eigenvalue weighted by Crippen LogP contribution is 2.32. The number of methoxy groups -OCH3 is 1. The molecule has 1 saturated carbocycles. The summed E-state index contributed by atoms with van der Waals surface area (Å²) in [4.78, 5) is 22.4. The zero-order valence-corrected chi connectivity index (χ0v) is 15.8. The third-order valence-corrected chi connectivity index (χ3v) is 4.86. The van der Waals surface area contributed by atoms with Gasteiger partial charge in [0.1, 0.15) is 0 Å². The summed E-state index contributed by atoms with van der Waals surface area (Å²) in [5, 5.41) is 13.5. The molecule has 1 aliphatic carbocycles. The van der Waals surface area contributed by atoms with Crippen LogP contribution in [0.15, 0.2) is 42.5 Å². The molecule has 1 N–H and O–H groups in total. The van der Waals surface area contributed by atoms with Crippen LogP contribution in [-0.2, 0) is 6.42 Å². The molecule has 3 rings (SSSR count). The van der Waals surface area contributed by atoms with Crippen LogP contribution in [0.25, 0.3) is 0 Å². The Hall–Kier alpha value is -3.09. The number of benzene rings is 2. The number of nitrogens with one attached hydrogen (secondary N) is 1. The van der Waals surface area contributed by atoms with Crippen molar-refractivity contribution >= 4 is 11.6 Å². The average molecular weight is 384 g/mol. The molecule has 7 heteroatoms. The highest BCUT2D eigenvalue weighted by molar-refractivity contribution is 5.94. The quantitative estimate of drug-likeness (QED) is 0.551. The van der Waals surface area contributed by atoms with Crippen molar-refractivity contribution in [1.29, 1.82) is 0 Å². The number of ether oxygens (including phenoxy) is 2. The number of nitro groups is 1. The van der Waals surface area contributed by atoms with Crippen molar-refractivity contribution in [2.75, 3.05) is 13.7 Å². The molecular weight excluding hydrogens is 360 g/mol. The standard InChI is InChI=1S/C21H24N2O5/c1-27-19-11-6-15(14-20(19)28-18-4-2-3-5-18)12-13-22-21(24)16-7-9-17(10-8-16)23(25)26/h6-11,14,18H,2-5,12-13H2,1H3,(H,22,24). The Bertz CT molecular complexity index is 829. The normalized spacial score (nSPS) is 13.9. The molecule has 0 saturated heterocycles. The van der Waals surface area contributed by atoms with Crippen LogP contribution in [0.3, 0.4) is 0 Å². The van der Waals surface area contributed by atoms with Gasteiger partial charge in [0, 0.05) is 24.2 Å². The van der Waals surface area contributed by atoms with E-state index in [2.05, 4.69) is 5.32 Å². The number of rotatable bonds is 8. The van der Waals surface area contributed by atoms with Crippen molar-refractivity contribution in [3.63, 3.8) is 0 Å². The van der Waals surface area contributed by atoms with Gasteiger partial charge in [0.05, 0.1) is 18.1 Å². The van der Waals surface area contributed by atoms with E-state index < -0.39 is 4.92 Å². The molecule has 0 aromatic heterocycles. The highest BCUT2D eigenvalue weighted by Gasteiger charge is 2.18. The number of amides is 1. The summed E-state index contributed by atoms with van der Waals surface area (Å²) in [5.41, 5.74) is 1.40. The van der Waals surface area contributed by atoms with E-state index in [1.54, 1.807) is 7.11 Å². The minimum Gasteiger partial charge on any atom is -0.493 e. The van der Waals surface area contributed by atoms with Crippen molar-refractivity contribution in [1.82, 2.24) is 5.32 Å².